The zero-order valence-corrected chi connectivity index (χ0v) is 14.4. The molecule has 1 heterocycles. The van der Waals surface area contributed by atoms with E-state index >= 15 is 0 Å². The second-order valence-corrected chi connectivity index (χ2v) is 6.41. The minimum absolute atomic E-state index is 0.109. The van der Waals surface area contributed by atoms with Crippen molar-refractivity contribution in [1.82, 2.24) is 10.3 Å². The van der Waals surface area contributed by atoms with Crippen LogP contribution in [-0.4, -0.2) is 30.0 Å². The van der Waals surface area contributed by atoms with Crippen molar-refractivity contribution >= 4 is 23.5 Å². The summed E-state index contributed by atoms with van der Waals surface area (Å²) in [6.45, 7) is 0.345. The average molecular weight is 363 g/mol. The first kappa shape index (κ1) is 17.5. The van der Waals surface area contributed by atoms with E-state index in [2.05, 4.69) is 10.3 Å². The Morgan fingerprint density at radius 2 is 2.12 bits per heavy atom. The van der Waals surface area contributed by atoms with Crippen molar-refractivity contribution in [2.24, 2.45) is 5.92 Å². The number of hydrogen-bond donors (Lipinski definition) is 1. The van der Waals surface area contributed by atoms with Crippen LogP contribution in [0, 0.1) is 5.92 Å². The minimum Gasteiger partial charge on any atom is -0.464 e. The van der Waals surface area contributed by atoms with Crippen LogP contribution in [0.1, 0.15) is 25.2 Å². The molecule has 1 amide bonds. The number of halogens is 1. The fourth-order valence-corrected chi connectivity index (χ4v) is 2.47. The van der Waals surface area contributed by atoms with E-state index in [-0.39, 0.29) is 18.9 Å². The second kappa shape index (κ2) is 8.16. The van der Waals surface area contributed by atoms with Crippen molar-refractivity contribution in [3.63, 3.8) is 0 Å². The highest BCUT2D eigenvalue weighted by Gasteiger charge is 2.23. The Bertz CT molecular complexity index is 755. The molecule has 3 rings (SSSR count). The van der Waals surface area contributed by atoms with E-state index in [0.29, 0.717) is 35.6 Å². The molecule has 1 aliphatic carbocycles. The number of carbonyl (C=O) groups excluding carboxylic acids is 2. The Balaban J connectivity index is 1.41. The van der Waals surface area contributed by atoms with Gasteiger partial charge in [-0.25, -0.2) is 4.98 Å². The van der Waals surface area contributed by atoms with Gasteiger partial charge in [-0.05, 0) is 30.9 Å². The predicted molar refractivity (Wildman–Crippen MR) is 92.0 cm³/mol. The van der Waals surface area contributed by atoms with Gasteiger partial charge in [0.25, 0.3) is 0 Å². The Kier molecular flexibility index (Phi) is 5.71. The fourth-order valence-electron chi connectivity index (χ4n) is 2.24. The van der Waals surface area contributed by atoms with Gasteiger partial charge in [-0.15, -0.1) is 0 Å². The Labute approximate surface area is 150 Å². The van der Waals surface area contributed by atoms with Crippen LogP contribution in [0.5, 0.6) is 0 Å². The van der Waals surface area contributed by atoms with Crippen LogP contribution < -0.4 is 5.32 Å². The molecule has 0 spiro atoms. The molecule has 1 aromatic heterocycles. The maximum atomic E-state index is 11.8. The van der Waals surface area contributed by atoms with Gasteiger partial charge >= 0.3 is 5.97 Å². The van der Waals surface area contributed by atoms with Gasteiger partial charge in [0.05, 0.1) is 17.8 Å². The largest absolute Gasteiger partial charge is 0.464 e. The van der Waals surface area contributed by atoms with Gasteiger partial charge in [0.15, 0.2) is 11.7 Å². The summed E-state index contributed by atoms with van der Waals surface area (Å²) in [5, 5.41) is 3.12. The molecule has 1 aromatic carbocycles. The Hall–Kier alpha value is -2.34. The maximum Gasteiger partial charge on any atom is 0.325 e. The van der Waals surface area contributed by atoms with E-state index < -0.39 is 5.97 Å². The van der Waals surface area contributed by atoms with Crippen LogP contribution in [0.15, 0.2) is 34.9 Å². The molecule has 25 heavy (non-hydrogen) atoms. The lowest BCUT2D eigenvalue weighted by atomic mass is 10.2. The van der Waals surface area contributed by atoms with Gasteiger partial charge in [0, 0.05) is 18.4 Å². The van der Waals surface area contributed by atoms with E-state index in [1.807, 2.05) is 18.2 Å². The number of ether oxygens (including phenoxy) is 1. The molecule has 1 N–H and O–H groups in total. The number of rotatable bonds is 8. The lowest BCUT2D eigenvalue weighted by molar-refractivity contribution is -0.144. The first-order valence-corrected chi connectivity index (χ1v) is 8.61. The summed E-state index contributed by atoms with van der Waals surface area (Å²) in [7, 11) is 0. The van der Waals surface area contributed by atoms with Gasteiger partial charge < -0.3 is 14.5 Å². The standard InChI is InChI=1S/C18H19ClN2O4/c19-14-4-2-1-3-13(14)15-9-21-17(25-15)8-7-16(22)20-10-18(23)24-11-12-5-6-12/h1-4,9,12H,5-8,10-11H2,(H,20,22). The van der Waals surface area contributed by atoms with Crippen molar-refractivity contribution in [2.45, 2.75) is 25.7 Å². The summed E-state index contributed by atoms with van der Waals surface area (Å²) in [5.74, 6) is 0.862. The van der Waals surface area contributed by atoms with Crippen LogP contribution in [-0.2, 0) is 20.7 Å². The van der Waals surface area contributed by atoms with Crippen molar-refractivity contribution in [3.8, 4) is 11.3 Å². The van der Waals surface area contributed by atoms with Crippen molar-refractivity contribution < 1.29 is 18.7 Å². The van der Waals surface area contributed by atoms with Crippen molar-refractivity contribution in [2.75, 3.05) is 13.2 Å². The molecule has 6 nitrogen and oxygen atoms in total. The normalized spacial score (nSPS) is 13.5. The number of oxazole rings is 1. The summed E-state index contributed by atoms with van der Waals surface area (Å²) in [6, 6.07) is 7.31. The molecule has 0 unspecified atom stereocenters. The van der Waals surface area contributed by atoms with E-state index in [0.717, 1.165) is 18.4 Å². The third kappa shape index (κ3) is 5.32. The first-order chi connectivity index (χ1) is 12.1. The summed E-state index contributed by atoms with van der Waals surface area (Å²) in [5.41, 5.74) is 0.755. The Morgan fingerprint density at radius 3 is 2.88 bits per heavy atom. The fraction of sp³-hybridized carbons (Fsp3) is 0.389. The third-order valence-electron chi connectivity index (χ3n) is 3.87. The number of nitrogens with zero attached hydrogens (tertiary/aromatic N) is 1. The molecule has 0 bridgehead atoms. The SMILES string of the molecule is O=C(CCc1ncc(-c2ccccc2Cl)o1)NCC(=O)OCC1CC1. The zero-order chi connectivity index (χ0) is 17.6. The average Bonchev–Trinajstić information content (AvgIpc) is 3.33. The number of aromatic nitrogens is 1. The zero-order valence-electron chi connectivity index (χ0n) is 13.7. The molecular weight excluding hydrogens is 344 g/mol. The molecule has 1 saturated carbocycles. The van der Waals surface area contributed by atoms with Gasteiger partial charge in [-0.2, -0.15) is 0 Å². The molecule has 1 fully saturated rings. The molecule has 2 aromatic rings. The lowest BCUT2D eigenvalue weighted by Gasteiger charge is -2.05. The van der Waals surface area contributed by atoms with Crippen molar-refractivity contribution in [3.05, 3.63) is 41.4 Å². The third-order valence-corrected chi connectivity index (χ3v) is 4.20. The predicted octanol–water partition coefficient (Wildman–Crippen LogP) is 3.00. The number of carbonyl (C=O) groups is 2. The smallest absolute Gasteiger partial charge is 0.325 e. The van der Waals surface area contributed by atoms with Crippen LogP contribution in [0.2, 0.25) is 5.02 Å². The van der Waals surface area contributed by atoms with Crippen LogP contribution in [0.3, 0.4) is 0 Å². The van der Waals surface area contributed by atoms with E-state index in [4.69, 9.17) is 20.8 Å². The summed E-state index contributed by atoms with van der Waals surface area (Å²) >= 11 is 6.12. The van der Waals surface area contributed by atoms with Gasteiger partial charge in [0.1, 0.15) is 6.54 Å². The number of aryl methyl sites for hydroxylation is 1. The van der Waals surface area contributed by atoms with E-state index in [1.165, 1.54) is 0 Å². The minimum atomic E-state index is -0.405. The number of esters is 1. The molecule has 0 aliphatic heterocycles. The van der Waals surface area contributed by atoms with Gasteiger partial charge in [-0.1, -0.05) is 23.7 Å². The molecule has 132 valence electrons. The van der Waals surface area contributed by atoms with E-state index in [9.17, 15) is 9.59 Å². The molecule has 7 heteroatoms. The molecule has 0 atom stereocenters. The monoisotopic (exact) mass is 362 g/mol. The number of amides is 1. The molecular formula is C18H19ClN2O4. The van der Waals surface area contributed by atoms with Gasteiger partial charge in [0.2, 0.25) is 5.91 Å². The summed E-state index contributed by atoms with van der Waals surface area (Å²) in [6.07, 6.45) is 4.34. The van der Waals surface area contributed by atoms with Crippen molar-refractivity contribution in [1.29, 1.82) is 0 Å². The number of hydrogen-bond acceptors (Lipinski definition) is 5. The highest BCUT2D eigenvalue weighted by atomic mass is 35.5. The maximum absolute atomic E-state index is 11.8. The van der Waals surface area contributed by atoms with Crippen LogP contribution in [0.4, 0.5) is 0 Å². The first-order valence-electron chi connectivity index (χ1n) is 8.24. The highest BCUT2D eigenvalue weighted by molar-refractivity contribution is 6.33. The second-order valence-electron chi connectivity index (χ2n) is 6.00. The van der Waals surface area contributed by atoms with Crippen LogP contribution in [0.25, 0.3) is 11.3 Å². The Morgan fingerprint density at radius 1 is 1.32 bits per heavy atom. The van der Waals surface area contributed by atoms with Gasteiger partial charge in [-0.3, -0.25) is 9.59 Å². The number of nitrogens with one attached hydrogen (secondary N) is 1. The molecule has 1 aliphatic rings. The summed E-state index contributed by atoms with van der Waals surface area (Å²) < 4.78 is 10.7. The highest BCUT2D eigenvalue weighted by Crippen LogP contribution is 2.29. The van der Waals surface area contributed by atoms with Crippen LogP contribution >= 0.6 is 11.6 Å². The quantitative estimate of drug-likeness (QED) is 0.730. The summed E-state index contributed by atoms with van der Waals surface area (Å²) in [4.78, 5) is 27.4. The van der Waals surface area contributed by atoms with E-state index in [1.54, 1.807) is 12.3 Å². The topological polar surface area (TPSA) is 81.4 Å². The molecule has 0 saturated heterocycles. The number of benzene rings is 1. The lowest BCUT2D eigenvalue weighted by Crippen LogP contribution is -2.31. The molecule has 0 radical (unpaired) electrons.